The van der Waals surface area contributed by atoms with Gasteiger partial charge in [0.15, 0.2) is 0 Å². The molecule has 23 heavy (non-hydrogen) atoms. The standard InChI is InChI=1S/C18H19N3O2/c1-18-9-10-19-16(18)21-15-8-7-13(11-14(15)18)23-17(22)20-12-5-3-2-4-6-12/h2-8,11,16,19,21H,9-10H2,1H3,(H,20,22)/t16?,18-/m1/s1. The molecule has 0 radical (unpaired) electrons. The van der Waals surface area contributed by atoms with Gasteiger partial charge in [0.25, 0.3) is 0 Å². The van der Waals surface area contributed by atoms with Crippen LogP contribution in [0, 0.1) is 0 Å². The average Bonchev–Trinajstić information content (AvgIpc) is 3.03. The van der Waals surface area contributed by atoms with Crippen molar-refractivity contribution in [1.82, 2.24) is 5.32 Å². The van der Waals surface area contributed by atoms with Crippen molar-refractivity contribution in [2.75, 3.05) is 17.2 Å². The molecule has 2 heterocycles. The molecular formula is C18H19N3O2. The number of hydrogen-bond acceptors (Lipinski definition) is 4. The molecule has 1 saturated heterocycles. The normalized spacial score (nSPS) is 24.5. The fourth-order valence-electron chi connectivity index (χ4n) is 3.46. The van der Waals surface area contributed by atoms with Crippen LogP contribution in [-0.4, -0.2) is 18.8 Å². The number of fused-ring (bicyclic) bond motifs is 3. The topological polar surface area (TPSA) is 62.4 Å². The molecule has 118 valence electrons. The Bertz CT molecular complexity index is 747. The van der Waals surface area contributed by atoms with Gasteiger partial charge in [0.05, 0.1) is 6.17 Å². The average molecular weight is 309 g/mol. The Morgan fingerprint density at radius 1 is 1.26 bits per heavy atom. The zero-order valence-corrected chi connectivity index (χ0v) is 12.9. The third kappa shape index (κ3) is 2.43. The number of anilines is 2. The molecule has 3 N–H and O–H groups in total. The minimum absolute atomic E-state index is 0.0462. The first-order chi connectivity index (χ1) is 11.1. The summed E-state index contributed by atoms with van der Waals surface area (Å²) in [7, 11) is 0. The van der Waals surface area contributed by atoms with Gasteiger partial charge in [0, 0.05) is 16.8 Å². The van der Waals surface area contributed by atoms with Crippen LogP contribution in [0.1, 0.15) is 18.9 Å². The Morgan fingerprint density at radius 3 is 2.91 bits per heavy atom. The zero-order chi connectivity index (χ0) is 15.9. The van der Waals surface area contributed by atoms with E-state index in [2.05, 4.69) is 22.9 Å². The van der Waals surface area contributed by atoms with E-state index in [0.29, 0.717) is 11.4 Å². The van der Waals surface area contributed by atoms with Gasteiger partial charge in [-0.3, -0.25) is 10.6 Å². The molecule has 0 saturated carbocycles. The molecule has 2 aliphatic rings. The molecule has 2 aromatic carbocycles. The molecule has 1 unspecified atom stereocenters. The third-order valence-electron chi connectivity index (χ3n) is 4.77. The minimum atomic E-state index is -0.478. The molecular weight excluding hydrogens is 290 g/mol. The summed E-state index contributed by atoms with van der Waals surface area (Å²) < 4.78 is 5.44. The highest BCUT2D eigenvalue weighted by atomic mass is 16.6. The van der Waals surface area contributed by atoms with E-state index in [4.69, 9.17) is 4.74 Å². The number of hydrogen-bond donors (Lipinski definition) is 3. The second kappa shape index (κ2) is 5.28. The number of benzene rings is 2. The molecule has 2 aromatic rings. The molecule has 2 atom stereocenters. The predicted molar refractivity (Wildman–Crippen MR) is 89.9 cm³/mol. The molecule has 0 spiro atoms. The first-order valence-corrected chi connectivity index (χ1v) is 7.83. The summed E-state index contributed by atoms with van der Waals surface area (Å²) in [6.45, 7) is 3.23. The summed E-state index contributed by atoms with van der Waals surface area (Å²) in [5.41, 5.74) is 3.08. The lowest BCUT2D eigenvalue weighted by atomic mass is 9.81. The maximum atomic E-state index is 12.0. The molecule has 0 bridgehead atoms. The van der Waals surface area contributed by atoms with Gasteiger partial charge in [0.2, 0.25) is 0 Å². The Hall–Kier alpha value is -2.53. The number of rotatable bonds is 2. The van der Waals surface area contributed by atoms with E-state index >= 15 is 0 Å². The van der Waals surface area contributed by atoms with Crippen molar-refractivity contribution >= 4 is 17.5 Å². The Morgan fingerprint density at radius 2 is 2.09 bits per heavy atom. The largest absolute Gasteiger partial charge is 0.417 e. The third-order valence-corrected chi connectivity index (χ3v) is 4.77. The summed E-state index contributed by atoms with van der Waals surface area (Å²) in [6.07, 6.45) is 0.844. The zero-order valence-electron chi connectivity index (χ0n) is 12.9. The van der Waals surface area contributed by atoms with Crippen molar-refractivity contribution in [2.24, 2.45) is 0 Å². The van der Waals surface area contributed by atoms with E-state index in [1.165, 1.54) is 5.56 Å². The highest BCUT2D eigenvalue weighted by molar-refractivity contribution is 5.86. The molecule has 5 heteroatoms. The van der Waals surface area contributed by atoms with Gasteiger partial charge >= 0.3 is 6.09 Å². The Labute approximate surface area is 135 Å². The fourth-order valence-corrected chi connectivity index (χ4v) is 3.46. The second-order valence-electron chi connectivity index (χ2n) is 6.29. The monoisotopic (exact) mass is 309 g/mol. The lowest BCUT2D eigenvalue weighted by Gasteiger charge is -2.23. The van der Waals surface area contributed by atoms with Crippen molar-refractivity contribution < 1.29 is 9.53 Å². The first kappa shape index (κ1) is 14.1. The van der Waals surface area contributed by atoms with Crippen LogP contribution in [0.15, 0.2) is 48.5 Å². The summed E-state index contributed by atoms with van der Waals surface area (Å²) in [5.74, 6) is 0.563. The quantitative estimate of drug-likeness (QED) is 0.796. The van der Waals surface area contributed by atoms with Crippen molar-refractivity contribution in [3.8, 4) is 5.75 Å². The van der Waals surface area contributed by atoms with E-state index in [0.717, 1.165) is 18.7 Å². The van der Waals surface area contributed by atoms with Gasteiger partial charge in [-0.15, -0.1) is 0 Å². The van der Waals surface area contributed by atoms with Crippen molar-refractivity contribution in [2.45, 2.75) is 24.9 Å². The summed E-state index contributed by atoms with van der Waals surface area (Å²) in [6, 6.07) is 15.0. The number of carbonyl (C=O) groups excluding carboxylic acids is 1. The molecule has 1 amide bonds. The summed E-state index contributed by atoms with van der Waals surface area (Å²) in [5, 5.41) is 9.68. The number of carbonyl (C=O) groups is 1. The van der Waals surface area contributed by atoms with Gasteiger partial charge in [-0.05, 0) is 48.9 Å². The van der Waals surface area contributed by atoms with E-state index in [1.54, 1.807) is 0 Å². The maximum absolute atomic E-state index is 12.0. The molecule has 4 rings (SSSR count). The molecule has 1 fully saturated rings. The SMILES string of the molecule is C[C@]12CCNC1Nc1ccc(OC(=O)Nc3ccccc3)cc12. The molecule has 0 aromatic heterocycles. The van der Waals surface area contributed by atoms with Gasteiger partial charge in [-0.25, -0.2) is 4.79 Å². The number of para-hydroxylation sites is 1. The maximum Gasteiger partial charge on any atom is 0.417 e. The van der Waals surface area contributed by atoms with Crippen molar-refractivity contribution in [3.63, 3.8) is 0 Å². The highest BCUT2D eigenvalue weighted by Crippen LogP contribution is 2.46. The van der Waals surface area contributed by atoms with Crippen LogP contribution >= 0.6 is 0 Å². The van der Waals surface area contributed by atoms with E-state index in [-0.39, 0.29) is 11.6 Å². The van der Waals surface area contributed by atoms with Crippen LogP contribution in [0.2, 0.25) is 0 Å². The van der Waals surface area contributed by atoms with Crippen LogP contribution in [0.4, 0.5) is 16.2 Å². The van der Waals surface area contributed by atoms with Gasteiger partial charge in [-0.2, -0.15) is 0 Å². The lowest BCUT2D eigenvalue weighted by Crippen LogP contribution is -2.38. The van der Waals surface area contributed by atoms with Gasteiger partial charge < -0.3 is 10.1 Å². The van der Waals surface area contributed by atoms with E-state index in [1.807, 2.05) is 48.5 Å². The summed E-state index contributed by atoms with van der Waals surface area (Å²) >= 11 is 0. The van der Waals surface area contributed by atoms with E-state index in [9.17, 15) is 4.79 Å². The van der Waals surface area contributed by atoms with Crippen molar-refractivity contribution in [3.05, 3.63) is 54.1 Å². The fraction of sp³-hybridized carbons (Fsp3) is 0.278. The number of ether oxygens (including phenoxy) is 1. The van der Waals surface area contributed by atoms with Crippen LogP contribution in [0.5, 0.6) is 5.75 Å². The molecule has 0 aliphatic carbocycles. The van der Waals surface area contributed by atoms with Crippen LogP contribution in [0.25, 0.3) is 0 Å². The predicted octanol–water partition coefficient (Wildman–Crippen LogP) is 3.30. The van der Waals surface area contributed by atoms with Crippen LogP contribution in [0.3, 0.4) is 0 Å². The smallest absolute Gasteiger partial charge is 0.410 e. The first-order valence-electron chi connectivity index (χ1n) is 7.83. The molecule has 5 nitrogen and oxygen atoms in total. The molecule has 2 aliphatic heterocycles. The van der Waals surface area contributed by atoms with Gasteiger partial charge in [-0.1, -0.05) is 25.1 Å². The van der Waals surface area contributed by atoms with Gasteiger partial charge in [0.1, 0.15) is 5.75 Å². The lowest BCUT2D eigenvalue weighted by molar-refractivity contribution is 0.215. The van der Waals surface area contributed by atoms with Crippen LogP contribution in [-0.2, 0) is 5.41 Å². The number of nitrogens with one attached hydrogen (secondary N) is 3. The Kier molecular flexibility index (Phi) is 3.23. The van der Waals surface area contributed by atoms with Crippen LogP contribution < -0.4 is 20.7 Å². The van der Waals surface area contributed by atoms with Crippen molar-refractivity contribution in [1.29, 1.82) is 0 Å². The summed E-state index contributed by atoms with van der Waals surface area (Å²) in [4.78, 5) is 12.0. The highest BCUT2D eigenvalue weighted by Gasteiger charge is 2.46. The minimum Gasteiger partial charge on any atom is -0.410 e. The van der Waals surface area contributed by atoms with E-state index < -0.39 is 6.09 Å². The second-order valence-corrected chi connectivity index (χ2v) is 6.29. The number of amides is 1. The Balaban J connectivity index is 1.52.